The van der Waals surface area contributed by atoms with Crippen molar-refractivity contribution in [2.45, 2.75) is 6.23 Å². The second-order valence-corrected chi connectivity index (χ2v) is 3.10. The Kier molecular flexibility index (Phi) is 2.26. The van der Waals surface area contributed by atoms with Gasteiger partial charge in [-0.1, -0.05) is 0 Å². The van der Waals surface area contributed by atoms with Crippen LogP contribution in [0.1, 0.15) is 0 Å². The molecule has 1 rings (SSSR count). The summed E-state index contributed by atoms with van der Waals surface area (Å²) < 4.78 is 1.15. The first-order valence-corrected chi connectivity index (χ1v) is 3.82. The van der Waals surface area contributed by atoms with Gasteiger partial charge in [0.05, 0.1) is 0 Å². The monoisotopic (exact) mass is 254 g/mol. The Balaban J connectivity index is 2.74. The molecular weight excluding hydrogens is 252 g/mol. The lowest BCUT2D eigenvalue weighted by atomic mass is 10.5. The molecule has 1 unspecified atom stereocenters. The van der Waals surface area contributed by atoms with Gasteiger partial charge in [0.2, 0.25) is 0 Å². The second kappa shape index (κ2) is 2.81. The summed E-state index contributed by atoms with van der Waals surface area (Å²) >= 11 is 6.19. The van der Waals surface area contributed by atoms with Crippen molar-refractivity contribution in [3.05, 3.63) is 10.8 Å². The van der Waals surface area contributed by atoms with Gasteiger partial charge in [0, 0.05) is 6.20 Å². The highest BCUT2D eigenvalue weighted by molar-refractivity contribution is 9.18. The van der Waals surface area contributed by atoms with Crippen molar-refractivity contribution in [2.75, 3.05) is 0 Å². The van der Waals surface area contributed by atoms with Crippen molar-refractivity contribution in [3.63, 3.8) is 0 Å². The Morgan fingerprint density at radius 1 is 1.67 bits per heavy atom. The van der Waals surface area contributed by atoms with E-state index in [9.17, 15) is 0 Å². The Hall–Kier alpha value is 0.130. The molecule has 0 saturated carbocycles. The van der Waals surface area contributed by atoms with Gasteiger partial charge in [-0.15, -0.1) is 0 Å². The molecule has 2 N–H and O–H groups in total. The van der Waals surface area contributed by atoms with Crippen molar-refractivity contribution in [1.29, 1.82) is 0 Å². The van der Waals surface area contributed by atoms with Gasteiger partial charge in [0.15, 0.2) is 6.23 Å². The summed E-state index contributed by atoms with van der Waals surface area (Å²) in [6, 6.07) is 0. The van der Waals surface area contributed by atoms with Crippen molar-refractivity contribution in [3.8, 4) is 0 Å². The van der Waals surface area contributed by atoms with Gasteiger partial charge in [-0.2, -0.15) is 0 Å². The van der Waals surface area contributed by atoms with E-state index in [1.165, 1.54) is 0 Å². The molecule has 5 heteroatoms. The van der Waals surface area contributed by atoms with Crippen molar-refractivity contribution >= 4 is 36.5 Å². The number of nitrogens with zero attached hydrogens (tertiary/aromatic N) is 1. The Morgan fingerprint density at radius 3 is 2.78 bits per heavy atom. The average Bonchev–Trinajstić information content (AvgIpc) is 1.80. The summed E-state index contributed by atoms with van der Waals surface area (Å²) in [5.41, 5.74) is 0. The van der Waals surface area contributed by atoms with Crippen LogP contribution in [0.2, 0.25) is 0 Å². The maximum absolute atomic E-state index is 8.94. The SMILES string of the molecule is OC1NC=C(Br)N=C1Br. The predicted molar refractivity (Wildman–Crippen MR) is 42.5 cm³/mol. The molecule has 0 fully saturated rings. The van der Waals surface area contributed by atoms with E-state index < -0.39 is 6.23 Å². The summed E-state index contributed by atoms with van der Waals surface area (Å²) in [5, 5.41) is 11.6. The highest BCUT2D eigenvalue weighted by atomic mass is 79.9. The molecule has 0 saturated heterocycles. The van der Waals surface area contributed by atoms with Crippen LogP contribution in [0.25, 0.3) is 0 Å². The molecule has 3 nitrogen and oxygen atoms in total. The summed E-state index contributed by atoms with van der Waals surface area (Å²) in [6.07, 6.45) is 0.876. The average molecular weight is 256 g/mol. The summed E-state index contributed by atoms with van der Waals surface area (Å²) in [5.74, 6) is 0. The molecule has 0 bridgehead atoms. The van der Waals surface area contributed by atoms with Crippen LogP contribution in [0.3, 0.4) is 0 Å². The normalized spacial score (nSPS) is 26.3. The number of rotatable bonds is 0. The Bertz CT molecular complexity index is 177. The van der Waals surface area contributed by atoms with E-state index in [0.717, 1.165) is 0 Å². The van der Waals surface area contributed by atoms with E-state index in [0.29, 0.717) is 9.23 Å². The molecule has 1 aliphatic rings. The van der Waals surface area contributed by atoms with Gasteiger partial charge >= 0.3 is 0 Å². The number of hydrogen-bond acceptors (Lipinski definition) is 3. The van der Waals surface area contributed by atoms with Crippen LogP contribution in [-0.4, -0.2) is 16.0 Å². The van der Waals surface area contributed by atoms with E-state index in [2.05, 4.69) is 42.2 Å². The molecule has 1 heterocycles. The molecular formula is C4H4Br2N2O. The van der Waals surface area contributed by atoms with Crippen LogP contribution in [0.4, 0.5) is 0 Å². The maximum atomic E-state index is 8.94. The van der Waals surface area contributed by atoms with Crippen LogP contribution in [-0.2, 0) is 0 Å². The van der Waals surface area contributed by atoms with Crippen LogP contribution in [0.15, 0.2) is 15.8 Å². The highest BCUT2D eigenvalue weighted by Crippen LogP contribution is 2.12. The van der Waals surface area contributed by atoms with Gasteiger partial charge in [0.1, 0.15) is 9.23 Å². The zero-order valence-electron chi connectivity index (χ0n) is 4.31. The van der Waals surface area contributed by atoms with Gasteiger partial charge in [-0.25, -0.2) is 4.99 Å². The first-order chi connectivity index (χ1) is 4.20. The maximum Gasteiger partial charge on any atom is 0.174 e. The molecule has 0 aliphatic carbocycles. The minimum absolute atomic E-state index is 0.483. The number of nitrogens with one attached hydrogen (secondary N) is 1. The third-order valence-corrected chi connectivity index (χ3v) is 1.82. The number of aliphatic hydroxyl groups excluding tert-OH is 1. The Labute approximate surface area is 69.1 Å². The minimum atomic E-state index is -0.703. The molecule has 0 amide bonds. The molecule has 1 atom stereocenters. The predicted octanol–water partition coefficient (Wildman–Crippen LogP) is 0.895. The number of hydrogen-bond donors (Lipinski definition) is 2. The summed E-state index contributed by atoms with van der Waals surface area (Å²) in [7, 11) is 0. The third kappa shape index (κ3) is 1.77. The lowest BCUT2D eigenvalue weighted by Crippen LogP contribution is -2.31. The molecule has 0 aromatic heterocycles. The standard InChI is InChI=1S/C4H4Br2N2O/c5-2-1-7-4(9)3(6)8-2/h1,4,7,9H. The smallest absolute Gasteiger partial charge is 0.174 e. The third-order valence-electron chi connectivity index (χ3n) is 0.800. The zero-order chi connectivity index (χ0) is 6.85. The van der Waals surface area contributed by atoms with Gasteiger partial charge < -0.3 is 10.4 Å². The second-order valence-electron chi connectivity index (χ2n) is 1.47. The molecule has 0 spiro atoms. The molecule has 0 radical (unpaired) electrons. The van der Waals surface area contributed by atoms with Crippen LogP contribution >= 0.6 is 31.9 Å². The zero-order valence-corrected chi connectivity index (χ0v) is 7.48. The van der Waals surface area contributed by atoms with E-state index in [1.807, 2.05) is 0 Å². The van der Waals surface area contributed by atoms with E-state index in [1.54, 1.807) is 6.20 Å². The lowest BCUT2D eigenvalue weighted by Gasteiger charge is -2.12. The number of aliphatic hydroxyl groups is 1. The number of aliphatic imine (C=N–C) groups is 1. The molecule has 9 heavy (non-hydrogen) atoms. The van der Waals surface area contributed by atoms with Gasteiger partial charge in [-0.05, 0) is 31.9 Å². The largest absolute Gasteiger partial charge is 0.368 e. The summed E-state index contributed by atoms with van der Waals surface area (Å²) in [4.78, 5) is 3.86. The minimum Gasteiger partial charge on any atom is -0.368 e. The highest BCUT2D eigenvalue weighted by Gasteiger charge is 2.11. The van der Waals surface area contributed by atoms with Crippen LogP contribution in [0, 0.1) is 0 Å². The van der Waals surface area contributed by atoms with E-state index in [-0.39, 0.29) is 0 Å². The topological polar surface area (TPSA) is 44.6 Å². The lowest BCUT2D eigenvalue weighted by molar-refractivity contribution is 0.222. The molecule has 50 valence electrons. The molecule has 0 aromatic carbocycles. The van der Waals surface area contributed by atoms with Crippen LogP contribution in [0.5, 0.6) is 0 Å². The van der Waals surface area contributed by atoms with Crippen molar-refractivity contribution < 1.29 is 5.11 Å². The Morgan fingerprint density at radius 2 is 2.33 bits per heavy atom. The van der Waals surface area contributed by atoms with E-state index in [4.69, 9.17) is 5.11 Å². The van der Waals surface area contributed by atoms with Crippen LogP contribution < -0.4 is 5.32 Å². The van der Waals surface area contributed by atoms with Gasteiger partial charge in [-0.3, -0.25) is 0 Å². The fraction of sp³-hybridized carbons (Fsp3) is 0.250. The fourth-order valence-electron chi connectivity index (χ4n) is 0.412. The quantitative estimate of drug-likeness (QED) is 0.632. The molecule has 0 aromatic rings. The van der Waals surface area contributed by atoms with Gasteiger partial charge in [0.25, 0.3) is 0 Å². The molecule has 1 aliphatic heterocycles. The first-order valence-electron chi connectivity index (χ1n) is 2.24. The summed E-state index contributed by atoms with van der Waals surface area (Å²) in [6.45, 7) is 0. The van der Waals surface area contributed by atoms with E-state index >= 15 is 0 Å². The first kappa shape index (κ1) is 7.24. The van der Waals surface area contributed by atoms with Crippen molar-refractivity contribution in [1.82, 2.24) is 5.32 Å². The van der Waals surface area contributed by atoms with Crippen molar-refractivity contribution in [2.24, 2.45) is 4.99 Å². The number of halogens is 2. The fourth-order valence-corrected chi connectivity index (χ4v) is 1.30.